The van der Waals surface area contributed by atoms with E-state index in [4.69, 9.17) is 14.2 Å². The molecule has 1 amide bonds. The molecule has 3 aliphatic rings. The second-order valence-corrected chi connectivity index (χ2v) is 11.8. The van der Waals surface area contributed by atoms with Crippen molar-refractivity contribution in [2.24, 2.45) is 11.8 Å². The zero-order valence-corrected chi connectivity index (χ0v) is 23.6. The molecule has 1 aliphatic heterocycles. The van der Waals surface area contributed by atoms with Crippen LogP contribution >= 0.6 is 0 Å². The quantitative estimate of drug-likeness (QED) is 0.190. The topological polar surface area (TPSA) is 77.1 Å². The van der Waals surface area contributed by atoms with Gasteiger partial charge in [0.15, 0.2) is 0 Å². The van der Waals surface area contributed by atoms with Crippen LogP contribution < -0.4 is 20.5 Å². The van der Waals surface area contributed by atoms with Gasteiger partial charge in [0.05, 0.1) is 12.2 Å². The number of carbonyl (C=O) groups excluding carboxylic acids is 2. The highest BCUT2D eigenvalue weighted by molar-refractivity contribution is 5.97. The highest BCUT2D eigenvalue weighted by Gasteiger charge is 2.23. The summed E-state index contributed by atoms with van der Waals surface area (Å²) in [5, 5.41) is 3.73. The van der Waals surface area contributed by atoms with E-state index in [1.54, 1.807) is 24.5 Å². The third kappa shape index (κ3) is 9.20. The molecule has 0 bridgehead atoms. The Hall–Kier alpha value is -3.16. The summed E-state index contributed by atoms with van der Waals surface area (Å²) in [7, 11) is 0. The molecule has 4 rings (SSSR count). The summed E-state index contributed by atoms with van der Waals surface area (Å²) < 4.78 is 42.7. The predicted octanol–water partition coefficient (Wildman–Crippen LogP) is 4.24. The zero-order chi connectivity index (χ0) is 28.7. The lowest BCUT2D eigenvalue weighted by Gasteiger charge is -2.23. The Labute approximate surface area is 234 Å². The van der Waals surface area contributed by atoms with Crippen LogP contribution in [-0.2, 0) is 14.3 Å². The Morgan fingerprint density at radius 3 is 2.67 bits per heavy atom. The number of esters is 1. The van der Waals surface area contributed by atoms with Gasteiger partial charge in [0.1, 0.15) is 11.4 Å². The summed E-state index contributed by atoms with van der Waals surface area (Å²) in [4.78, 5) is 27.0. The van der Waals surface area contributed by atoms with Crippen LogP contribution in [0.2, 0.25) is 0 Å². The summed E-state index contributed by atoms with van der Waals surface area (Å²) in [6.07, 6.45) is 12.0. The van der Waals surface area contributed by atoms with E-state index < -0.39 is 18.1 Å². The third-order valence-electron chi connectivity index (χ3n) is 7.09. The maximum atomic E-state index is 13.4. The van der Waals surface area contributed by atoms with Gasteiger partial charge in [-0.25, -0.2) is 4.79 Å². The van der Waals surface area contributed by atoms with Gasteiger partial charge in [0.2, 0.25) is 0 Å². The number of ether oxygens (including phenoxy) is 3. The number of rotatable bonds is 11. The van der Waals surface area contributed by atoms with Gasteiger partial charge >= 0.3 is 12.6 Å². The van der Waals surface area contributed by atoms with Crippen molar-refractivity contribution in [1.82, 2.24) is 10.2 Å². The molecule has 2 fully saturated rings. The molecule has 1 N–H and O–H groups in total. The lowest BCUT2D eigenvalue weighted by molar-refractivity contribution is -0.148. The van der Waals surface area contributed by atoms with E-state index >= 15 is 0 Å². The fourth-order valence-electron chi connectivity index (χ4n) is 4.98. The standard InChI is InChI=1S/C31H40F2N2O5/c1-31(2,3)40-27(36)17-21-5-4-6-22(8-7-21)18-35-15-13-24-11-12-25(28(26(24)19-35)39-30(32)33)29(37)34-14-16-38-20-23-9-10-23/h11-12,15,17,19,22-23,30H,4-10,14,16,18,20H2,1-3H3,(H,34,37)/b21-17-. The molecule has 218 valence electrons. The minimum absolute atomic E-state index is 0.0486. The number of halogens is 2. The largest absolute Gasteiger partial charge is 0.457 e. The Morgan fingerprint density at radius 2 is 1.95 bits per heavy atom. The molecule has 0 aromatic heterocycles. The van der Waals surface area contributed by atoms with Crippen molar-refractivity contribution in [2.75, 3.05) is 26.3 Å². The monoisotopic (exact) mass is 558 g/mol. The number of carbonyl (C=O) groups is 2. The number of benzene rings is 1. The van der Waals surface area contributed by atoms with Gasteiger partial charge in [-0.2, -0.15) is 8.78 Å². The van der Waals surface area contributed by atoms with Crippen LogP contribution in [0.4, 0.5) is 8.78 Å². The van der Waals surface area contributed by atoms with Crippen LogP contribution in [0.25, 0.3) is 11.9 Å². The van der Waals surface area contributed by atoms with Crippen molar-refractivity contribution in [3.8, 4) is 5.75 Å². The SMILES string of the molecule is CC(C)(C)OC(=O)/C=C1/CCCC(CN2C=C=c3ccc(C(=O)NCCOCC4CC4)c(OC(F)F)c3=C2)CC1. The number of allylic oxidation sites excluding steroid dienone is 1. The number of amides is 1. The normalized spacial score (nSPS) is 19.9. The van der Waals surface area contributed by atoms with Gasteiger partial charge in [-0.15, -0.1) is 0 Å². The molecule has 0 radical (unpaired) electrons. The number of nitrogens with one attached hydrogen (secondary N) is 1. The van der Waals surface area contributed by atoms with E-state index in [2.05, 4.69) is 11.0 Å². The summed E-state index contributed by atoms with van der Waals surface area (Å²) in [6, 6.07) is 3.18. The summed E-state index contributed by atoms with van der Waals surface area (Å²) >= 11 is 0. The van der Waals surface area contributed by atoms with Gasteiger partial charge < -0.3 is 24.4 Å². The second-order valence-electron chi connectivity index (χ2n) is 11.8. The zero-order valence-electron chi connectivity index (χ0n) is 23.6. The Balaban J connectivity index is 1.42. The van der Waals surface area contributed by atoms with Crippen molar-refractivity contribution < 1.29 is 32.6 Å². The lowest BCUT2D eigenvalue weighted by Crippen LogP contribution is -2.37. The fraction of sp³-hybridized carbons (Fsp3) is 0.581. The summed E-state index contributed by atoms with van der Waals surface area (Å²) in [6.45, 7) is 4.47. The second kappa shape index (κ2) is 13.5. The molecular weight excluding hydrogens is 518 g/mol. The molecule has 40 heavy (non-hydrogen) atoms. The van der Waals surface area contributed by atoms with Gasteiger partial charge in [0, 0.05) is 48.6 Å². The van der Waals surface area contributed by atoms with Crippen molar-refractivity contribution in [3.05, 3.63) is 46.0 Å². The predicted molar refractivity (Wildman–Crippen MR) is 148 cm³/mol. The van der Waals surface area contributed by atoms with Crippen LogP contribution in [0, 0.1) is 11.8 Å². The van der Waals surface area contributed by atoms with Gasteiger partial charge in [-0.1, -0.05) is 11.3 Å². The van der Waals surface area contributed by atoms with Crippen LogP contribution in [0.3, 0.4) is 0 Å². The third-order valence-corrected chi connectivity index (χ3v) is 7.09. The fourth-order valence-corrected chi connectivity index (χ4v) is 4.98. The van der Waals surface area contributed by atoms with E-state index in [0.29, 0.717) is 42.0 Å². The minimum atomic E-state index is -3.08. The average molecular weight is 559 g/mol. The molecule has 2 saturated carbocycles. The molecule has 1 heterocycles. The first-order valence-corrected chi connectivity index (χ1v) is 14.2. The van der Waals surface area contributed by atoms with Crippen molar-refractivity contribution in [1.29, 1.82) is 0 Å². The molecule has 1 atom stereocenters. The smallest absolute Gasteiger partial charge is 0.387 e. The van der Waals surface area contributed by atoms with Gasteiger partial charge in [-0.3, -0.25) is 4.79 Å². The lowest BCUT2D eigenvalue weighted by atomic mass is 9.99. The number of fused-ring (bicyclic) bond motifs is 1. The molecule has 0 saturated heterocycles. The molecule has 7 nitrogen and oxygen atoms in total. The molecule has 2 aliphatic carbocycles. The van der Waals surface area contributed by atoms with Crippen LogP contribution in [0.5, 0.6) is 5.75 Å². The van der Waals surface area contributed by atoms with E-state index in [9.17, 15) is 18.4 Å². The highest BCUT2D eigenvalue weighted by atomic mass is 19.3. The maximum Gasteiger partial charge on any atom is 0.387 e. The van der Waals surface area contributed by atoms with Crippen molar-refractivity contribution >= 4 is 23.8 Å². The molecular formula is C31H40F2N2O5. The van der Waals surface area contributed by atoms with E-state index in [1.807, 2.05) is 25.7 Å². The number of hydrogen-bond acceptors (Lipinski definition) is 6. The van der Waals surface area contributed by atoms with Gasteiger partial charge in [-0.05, 0) is 89.7 Å². The Bertz CT molecular complexity index is 1260. The van der Waals surface area contributed by atoms with E-state index in [1.165, 1.54) is 18.9 Å². The average Bonchev–Trinajstić information content (AvgIpc) is 3.71. The minimum Gasteiger partial charge on any atom is -0.457 e. The van der Waals surface area contributed by atoms with Crippen molar-refractivity contribution in [2.45, 2.75) is 77.9 Å². The Morgan fingerprint density at radius 1 is 1.15 bits per heavy atom. The van der Waals surface area contributed by atoms with Crippen LogP contribution in [0.1, 0.15) is 76.1 Å². The first-order chi connectivity index (χ1) is 19.1. The maximum absolute atomic E-state index is 13.4. The van der Waals surface area contributed by atoms with Crippen molar-refractivity contribution in [3.63, 3.8) is 0 Å². The van der Waals surface area contributed by atoms with E-state index in [0.717, 1.165) is 37.7 Å². The Kier molecular flexibility index (Phi) is 10.0. The number of nitrogens with zero attached hydrogens (tertiary/aromatic N) is 1. The van der Waals surface area contributed by atoms with E-state index in [-0.39, 0.29) is 23.8 Å². The molecule has 0 spiro atoms. The van der Waals surface area contributed by atoms with Gasteiger partial charge in [0.25, 0.3) is 5.91 Å². The first-order valence-electron chi connectivity index (χ1n) is 14.2. The van der Waals surface area contributed by atoms with Crippen LogP contribution in [0.15, 0.2) is 30.0 Å². The molecule has 1 aromatic carbocycles. The van der Waals surface area contributed by atoms with Crippen LogP contribution in [-0.4, -0.2) is 55.3 Å². The first kappa shape index (κ1) is 29.8. The summed E-state index contributed by atoms with van der Waals surface area (Å²) in [5.41, 5.74) is 3.76. The molecule has 1 aromatic rings. The number of alkyl halides is 2. The highest BCUT2D eigenvalue weighted by Crippen LogP contribution is 2.29. The summed E-state index contributed by atoms with van der Waals surface area (Å²) in [5.74, 6) is 0.00604. The number of hydrogen-bond donors (Lipinski definition) is 1. The molecule has 1 unspecified atom stereocenters. The molecule has 9 heteroatoms.